The first-order chi connectivity index (χ1) is 15.6. The van der Waals surface area contributed by atoms with Gasteiger partial charge in [-0.2, -0.15) is 0 Å². The van der Waals surface area contributed by atoms with Gasteiger partial charge in [0, 0.05) is 16.6 Å². The smallest absolute Gasteiger partial charge is 0.267 e. The zero-order valence-corrected chi connectivity index (χ0v) is 18.8. The van der Waals surface area contributed by atoms with E-state index in [2.05, 4.69) is 12.2 Å². The fourth-order valence-corrected chi connectivity index (χ4v) is 5.21. The Morgan fingerprint density at radius 1 is 1.16 bits per heavy atom. The number of thiophene rings is 1. The number of carbonyl (C=O) groups is 1. The highest BCUT2D eigenvalue weighted by atomic mass is 32.2. The lowest BCUT2D eigenvalue weighted by Crippen LogP contribution is -2.22. The number of amides is 1. The number of anilines is 1. The lowest BCUT2D eigenvalue weighted by Gasteiger charge is -2.12. The van der Waals surface area contributed by atoms with Crippen LogP contribution in [0.3, 0.4) is 0 Å². The second-order valence-electron chi connectivity index (χ2n) is 7.06. The summed E-state index contributed by atoms with van der Waals surface area (Å²) in [6, 6.07) is 16.5. The summed E-state index contributed by atoms with van der Waals surface area (Å²) < 4.78 is 12.2. The number of nitrogens with zero attached hydrogens (tertiary/aromatic N) is 2. The van der Waals surface area contributed by atoms with Gasteiger partial charge in [-0.3, -0.25) is 14.2 Å². The van der Waals surface area contributed by atoms with Gasteiger partial charge in [-0.15, -0.1) is 11.3 Å². The van der Waals surface area contributed by atoms with Crippen LogP contribution in [0.1, 0.15) is 11.8 Å². The van der Waals surface area contributed by atoms with E-state index in [1.165, 1.54) is 23.1 Å². The number of thioether (sulfide) groups is 1. The number of benzene rings is 2. The SMILES string of the molecule is CCc1cc2c(=O)n(-c3ccccc3)c(SCC(=O)Nc3ccc4c(c3)OCO4)nc2s1. The third-order valence-electron chi connectivity index (χ3n) is 4.94. The van der Waals surface area contributed by atoms with E-state index in [0.717, 1.165) is 17.0 Å². The minimum Gasteiger partial charge on any atom is -0.454 e. The second-order valence-corrected chi connectivity index (χ2v) is 9.12. The van der Waals surface area contributed by atoms with Crippen molar-refractivity contribution in [2.45, 2.75) is 18.5 Å². The Hall–Kier alpha value is -3.30. The minimum absolute atomic E-state index is 0.102. The molecule has 0 spiro atoms. The van der Waals surface area contributed by atoms with Crippen molar-refractivity contribution in [2.75, 3.05) is 17.9 Å². The number of carbonyl (C=O) groups excluding carboxylic acids is 1. The maximum absolute atomic E-state index is 13.3. The van der Waals surface area contributed by atoms with Crippen LogP contribution in [0, 0.1) is 0 Å². The van der Waals surface area contributed by atoms with Crippen molar-refractivity contribution in [1.29, 1.82) is 0 Å². The molecule has 2 aromatic carbocycles. The molecule has 0 saturated carbocycles. The van der Waals surface area contributed by atoms with Crippen LogP contribution in [0.5, 0.6) is 11.5 Å². The van der Waals surface area contributed by atoms with E-state index in [9.17, 15) is 9.59 Å². The molecule has 32 heavy (non-hydrogen) atoms. The molecule has 5 rings (SSSR count). The first-order valence-electron chi connectivity index (χ1n) is 10.1. The number of hydrogen-bond acceptors (Lipinski definition) is 7. The maximum atomic E-state index is 13.3. The Morgan fingerprint density at radius 2 is 1.97 bits per heavy atom. The van der Waals surface area contributed by atoms with Crippen LogP contribution in [0.25, 0.3) is 15.9 Å². The molecule has 0 unspecified atom stereocenters. The van der Waals surface area contributed by atoms with Gasteiger partial charge in [0.1, 0.15) is 4.83 Å². The molecule has 0 atom stereocenters. The lowest BCUT2D eigenvalue weighted by molar-refractivity contribution is -0.113. The molecule has 1 amide bonds. The lowest BCUT2D eigenvalue weighted by atomic mass is 10.3. The predicted octanol–water partition coefficient (Wildman–Crippen LogP) is 4.47. The zero-order valence-electron chi connectivity index (χ0n) is 17.2. The van der Waals surface area contributed by atoms with Crippen molar-refractivity contribution < 1.29 is 14.3 Å². The normalized spacial score (nSPS) is 12.3. The number of aryl methyl sites for hydroxylation is 1. The summed E-state index contributed by atoms with van der Waals surface area (Å²) in [5.41, 5.74) is 1.21. The zero-order chi connectivity index (χ0) is 22.1. The molecule has 1 aliphatic rings. The van der Waals surface area contributed by atoms with Crippen molar-refractivity contribution >= 4 is 44.9 Å². The highest BCUT2D eigenvalue weighted by Crippen LogP contribution is 2.34. The molecule has 1 N–H and O–H groups in total. The standard InChI is InChI=1S/C23H19N3O4S2/c1-2-16-11-17-21(32-16)25-23(26(22(17)28)15-6-4-3-5-7-15)31-12-20(27)24-14-8-9-18-19(10-14)30-13-29-18/h3-11H,2,12-13H2,1H3,(H,24,27). The minimum atomic E-state index is -0.205. The Kier molecular flexibility index (Phi) is 5.59. The van der Waals surface area contributed by atoms with Gasteiger partial charge in [0.25, 0.3) is 5.56 Å². The highest BCUT2D eigenvalue weighted by molar-refractivity contribution is 7.99. The van der Waals surface area contributed by atoms with Gasteiger partial charge in [0.15, 0.2) is 16.7 Å². The fraction of sp³-hybridized carbons (Fsp3) is 0.174. The van der Waals surface area contributed by atoms with Gasteiger partial charge in [-0.05, 0) is 36.8 Å². The second kappa shape index (κ2) is 8.68. The number of para-hydroxylation sites is 1. The number of hydrogen-bond donors (Lipinski definition) is 1. The van der Waals surface area contributed by atoms with Crippen LogP contribution in [0.15, 0.2) is 64.5 Å². The summed E-state index contributed by atoms with van der Waals surface area (Å²) in [7, 11) is 0. The first-order valence-corrected chi connectivity index (χ1v) is 11.9. The van der Waals surface area contributed by atoms with Crippen LogP contribution in [0.4, 0.5) is 5.69 Å². The Bertz CT molecular complexity index is 1370. The molecule has 0 aliphatic carbocycles. The largest absolute Gasteiger partial charge is 0.454 e. The van der Waals surface area contributed by atoms with E-state index in [1.54, 1.807) is 22.8 Å². The molecule has 0 saturated heterocycles. The maximum Gasteiger partial charge on any atom is 0.267 e. The first kappa shape index (κ1) is 20.6. The van der Waals surface area contributed by atoms with Gasteiger partial charge in [0.05, 0.1) is 16.8 Å². The molecule has 4 aromatic rings. The Morgan fingerprint density at radius 3 is 2.78 bits per heavy atom. The third-order valence-corrected chi connectivity index (χ3v) is 7.05. The number of nitrogens with one attached hydrogen (secondary N) is 1. The number of rotatable bonds is 6. The van der Waals surface area contributed by atoms with Crippen LogP contribution in [-0.4, -0.2) is 28.0 Å². The van der Waals surface area contributed by atoms with E-state index >= 15 is 0 Å². The van der Waals surface area contributed by atoms with Gasteiger partial charge >= 0.3 is 0 Å². The van der Waals surface area contributed by atoms with E-state index in [-0.39, 0.29) is 24.0 Å². The van der Waals surface area contributed by atoms with E-state index < -0.39 is 0 Å². The van der Waals surface area contributed by atoms with Crippen LogP contribution < -0.4 is 20.3 Å². The van der Waals surface area contributed by atoms with E-state index in [0.29, 0.717) is 32.6 Å². The average Bonchev–Trinajstić information content (AvgIpc) is 3.45. The summed E-state index contributed by atoms with van der Waals surface area (Å²) in [6.45, 7) is 2.23. The molecule has 0 radical (unpaired) electrons. The van der Waals surface area contributed by atoms with Crippen molar-refractivity contribution in [1.82, 2.24) is 9.55 Å². The van der Waals surface area contributed by atoms with Crippen LogP contribution in [-0.2, 0) is 11.2 Å². The summed E-state index contributed by atoms with van der Waals surface area (Å²) in [5.74, 6) is 1.16. The van der Waals surface area contributed by atoms with Gasteiger partial charge in [-0.25, -0.2) is 4.98 Å². The van der Waals surface area contributed by atoms with Crippen LogP contribution in [0.2, 0.25) is 0 Å². The van der Waals surface area contributed by atoms with Crippen LogP contribution >= 0.6 is 23.1 Å². The van der Waals surface area contributed by atoms with Crippen molar-refractivity contribution in [3.05, 3.63) is 69.8 Å². The Balaban J connectivity index is 1.42. The third kappa shape index (κ3) is 3.96. The molecular formula is C23H19N3O4S2. The highest BCUT2D eigenvalue weighted by Gasteiger charge is 2.18. The summed E-state index contributed by atoms with van der Waals surface area (Å²) in [4.78, 5) is 32.5. The van der Waals surface area contributed by atoms with Crippen molar-refractivity contribution in [3.8, 4) is 17.2 Å². The van der Waals surface area contributed by atoms with E-state index in [4.69, 9.17) is 14.5 Å². The van der Waals surface area contributed by atoms with Gasteiger partial charge in [-0.1, -0.05) is 36.9 Å². The summed E-state index contributed by atoms with van der Waals surface area (Å²) in [5, 5.41) is 3.95. The molecular weight excluding hydrogens is 446 g/mol. The monoisotopic (exact) mass is 465 g/mol. The number of ether oxygens (including phenoxy) is 2. The fourth-order valence-electron chi connectivity index (χ4n) is 3.39. The number of aromatic nitrogens is 2. The predicted molar refractivity (Wildman–Crippen MR) is 127 cm³/mol. The number of fused-ring (bicyclic) bond motifs is 2. The molecule has 0 fully saturated rings. The topological polar surface area (TPSA) is 82.5 Å². The van der Waals surface area contributed by atoms with E-state index in [1.807, 2.05) is 36.4 Å². The molecule has 9 heteroatoms. The molecule has 0 bridgehead atoms. The molecule has 3 heterocycles. The average molecular weight is 466 g/mol. The Labute approximate surface area is 192 Å². The quantitative estimate of drug-likeness (QED) is 0.334. The molecule has 162 valence electrons. The van der Waals surface area contributed by atoms with Gasteiger partial charge < -0.3 is 14.8 Å². The van der Waals surface area contributed by atoms with Crippen molar-refractivity contribution in [2.24, 2.45) is 0 Å². The molecule has 1 aliphatic heterocycles. The van der Waals surface area contributed by atoms with Crippen molar-refractivity contribution in [3.63, 3.8) is 0 Å². The molecule has 2 aromatic heterocycles. The van der Waals surface area contributed by atoms with Gasteiger partial charge in [0.2, 0.25) is 12.7 Å². The molecule has 7 nitrogen and oxygen atoms in total. The summed E-state index contributed by atoms with van der Waals surface area (Å²) >= 11 is 2.74. The summed E-state index contributed by atoms with van der Waals surface area (Å²) in [6.07, 6.45) is 0.840.